The Labute approximate surface area is 198 Å². The van der Waals surface area contributed by atoms with E-state index in [1.165, 1.54) is 30.4 Å². The van der Waals surface area contributed by atoms with E-state index in [4.69, 9.17) is 0 Å². The molecule has 2 rings (SSSR count). The monoisotopic (exact) mass is 457 g/mol. The molecule has 0 fully saturated rings. The van der Waals surface area contributed by atoms with Gasteiger partial charge in [0.25, 0.3) is 0 Å². The van der Waals surface area contributed by atoms with Crippen LogP contribution in [0.1, 0.15) is 74.7 Å². The van der Waals surface area contributed by atoms with Crippen molar-refractivity contribution in [3.63, 3.8) is 0 Å². The van der Waals surface area contributed by atoms with Gasteiger partial charge in [-0.15, -0.1) is 0 Å². The molecule has 0 heterocycles. The fourth-order valence-electron chi connectivity index (χ4n) is 3.65. The van der Waals surface area contributed by atoms with Gasteiger partial charge < -0.3 is 15.1 Å². The van der Waals surface area contributed by atoms with Crippen LogP contribution in [0.3, 0.4) is 0 Å². The van der Waals surface area contributed by atoms with Gasteiger partial charge in [0.1, 0.15) is 11.5 Å². The molecule has 176 valence electrons. The number of hydrogen-bond acceptors (Lipinski definition) is 4. The molecule has 0 saturated heterocycles. The van der Waals surface area contributed by atoms with Crippen molar-refractivity contribution in [2.75, 3.05) is 19.3 Å². The normalized spacial score (nSPS) is 11.9. The number of amides is 1. The lowest BCUT2D eigenvalue weighted by Crippen LogP contribution is -2.27. The van der Waals surface area contributed by atoms with Crippen LogP contribution in [0.2, 0.25) is 0 Å². The molecule has 0 spiro atoms. The van der Waals surface area contributed by atoms with E-state index < -0.39 is 0 Å². The molecule has 2 aromatic rings. The molecule has 0 aromatic heterocycles. The summed E-state index contributed by atoms with van der Waals surface area (Å²) >= 11 is 1.95. The second kappa shape index (κ2) is 14.8. The highest BCUT2D eigenvalue weighted by molar-refractivity contribution is 7.99. The molecule has 0 radical (unpaired) electrons. The maximum absolute atomic E-state index is 12.1. The van der Waals surface area contributed by atoms with Gasteiger partial charge in [0.15, 0.2) is 0 Å². The number of aromatic hydroxyl groups is 2. The van der Waals surface area contributed by atoms with Crippen molar-refractivity contribution >= 4 is 17.7 Å². The van der Waals surface area contributed by atoms with Crippen molar-refractivity contribution in [3.05, 3.63) is 59.7 Å². The molecule has 1 amide bonds. The van der Waals surface area contributed by atoms with E-state index in [1.54, 1.807) is 24.3 Å². The molecule has 32 heavy (non-hydrogen) atoms. The first-order valence-corrected chi connectivity index (χ1v) is 13.0. The van der Waals surface area contributed by atoms with Gasteiger partial charge in [-0.1, -0.05) is 56.9 Å². The zero-order chi connectivity index (χ0) is 23.2. The highest BCUT2D eigenvalue weighted by Crippen LogP contribution is 2.34. The van der Waals surface area contributed by atoms with Crippen LogP contribution < -0.4 is 0 Å². The van der Waals surface area contributed by atoms with Gasteiger partial charge in [-0.05, 0) is 66.8 Å². The maximum atomic E-state index is 12.1. The first-order chi connectivity index (χ1) is 15.5. The Morgan fingerprint density at radius 1 is 0.875 bits per heavy atom. The van der Waals surface area contributed by atoms with Crippen molar-refractivity contribution in [1.82, 2.24) is 4.90 Å². The predicted octanol–water partition coefficient (Wildman–Crippen LogP) is 6.71. The van der Waals surface area contributed by atoms with Crippen molar-refractivity contribution in [1.29, 1.82) is 0 Å². The fourth-order valence-corrected chi connectivity index (χ4v) is 4.97. The third-order valence-corrected chi connectivity index (χ3v) is 7.11. The van der Waals surface area contributed by atoms with Crippen molar-refractivity contribution in [3.8, 4) is 11.5 Å². The largest absolute Gasteiger partial charge is 0.508 e. The molecular weight excluding hydrogens is 418 g/mol. The molecule has 4 nitrogen and oxygen atoms in total. The van der Waals surface area contributed by atoms with Crippen LogP contribution in [0.4, 0.5) is 0 Å². The zero-order valence-corrected chi connectivity index (χ0v) is 20.4. The van der Waals surface area contributed by atoms with Gasteiger partial charge in [-0.25, -0.2) is 0 Å². The summed E-state index contributed by atoms with van der Waals surface area (Å²) in [5, 5.41) is 19.5. The third-order valence-electron chi connectivity index (χ3n) is 5.75. The molecule has 1 atom stereocenters. The average molecular weight is 458 g/mol. The first-order valence-electron chi connectivity index (χ1n) is 11.9. The molecule has 0 aliphatic heterocycles. The van der Waals surface area contributed by atoms with E-state index in [0.29, 0.717) is 11.7 Å². The second-order valence-corrected chi connectivity index (χ2v) is 9.82. The Morgan fingerprint density at radius 3 is 2.12 bits per heavy atom. The SMILES string of the molecule is CCCCN(C)C(=O)CCCCCCCSC(Cc1ccc(O)cc1)c1ccc(O)cc1. The van der Waals surface area contributed by atoms with Crippen molar-refractivity contribution < 1.29 is 15.0 Å². The molecule has 0 bridgehead atoms. The summed E-state index contributed by atoms with van der Waals surface area (Å²) < 4.78 is 0. The minimum atomic E-state index is 0.278. The molecule has 0 saturated carbocycles. The number of carbonyl (C=O) groups excluding carboxylic acids is 1. The van der Waals surface area contributed by atoms with Gasteiger partial charge in [0.05, 0.1) is 0 Å². The standard InChI is InChI=1S/C27H39NO3S/c1-3-4-19-28(2)27(31)10-8-6-5-7-9-20-32-26(23-13-17-25(30)18-14-23)21-22-11-15-24(29)16-12-22/h11-18,26,29-30H,3-10,19-21H2,1-2H3. The lowest BCUT2D eigenvalue weighted by molar-refractivity contribution is -0.130. The highest BCUT2D eigenvalue weighted by Gasteiger charge is 2.13. The quantitative estimate of drug-likeness (QED) is 0.292. The topological polar surface area (TPSA) is 60.8 Å². The van der Waals surface area contributed by atoms with Crippen LogP contribution in [0.5, 0.6) is 11.5 Å². The molecule has 2 N–H and O–H groups in total. The van der Waals surface area contributed by atoms with Crippen molar-refractivity contribution in [2.45, 2.75) is 70.0 Å². The number of phenolic OH excluding ortho intramolecular Hbond substituents is 2. The number of phenols is 2. The minimum absolute atomic E-state index is 0.278. The van der Waals surface area contributed by atoms with Crippen LogP contribution in [-0.4, -0.2) is 40.4 Å². The van der Waals surface area contributed by atoms with E-state index >= 15 is 0 Å². The molecule has 0 aliphatic rings. The minimum Gasteiger partial charge on any atom is -0.508 e. The number of hydrogen-bond donors (Lipinski definition) is 2. The maximum Gasteiger partial charge on any atom is 0.222 e. The van der Waals surface area contributed by atoms with Gasteiger partial charge in [0.2, 0.25) is 5.91 Å². The third kappa shape index (κ3) is 9.99. The highest BCUT2D eigenvalue weighted by atomic mass is 32.2. The molecule has 1 unspecified atom stereocenters. The number of carbonyl (C=O) groups is 1. The summed E-state index contributed by atoms with van der Waals surface area (Å²) in [5.41, 5.74) is 2.41. The molecular formula is C27H39NO3S. The smallest absolute Gasteiger partial charge is 0.222 e. The van der Waals surface area contributed by atoms with Crippen LogP contribution in [0.25, 0.3) is 0 Å². The van der Waals surface area contributed by atoms with Gasteiger partial charge >= 0.3 is 0 Å². The molecule has 0 aliphatic carbocycles. The lowest BCUT2D eigenvalue weighted by atomic mass is 10.0. The lowest BCUT2D eigenvalue weighted by Gasteiger charge is -2.18. The average Bonchev–Trinajstić information content (AvgIpc) is 2.80. The molecule has 2 aromatic carbocycles. The van der Waals surface area contributed by atoms with Gasteiger partial charge in [-0.3, -0.25) is 4.79 Å². The first kappa shape index (κ1) is 26.1. The van der Waals surface area contributed by atoms with Crippen molar-refractivity contribution in [2.24, 2.45) is 0 Å². The Balaban J connectivity index is 1.69. The summed E-state index contributed by atoms with van der Waals surface area (Å²) in [6.07, 6.45) is 9.40. The Hall–Kier alpha value is -2.14. The zero-order valence-electron chi connectivity index (χ0n) is 19.6. The number of nitrogens with zero attached hydrogens (tertiary/aromatic N) is 1. The number of benzene rings is 2. The summed E-state index contributed by atoms with van der Waals surface area (Å²) in [4.78, 5) is 13.9. The Kier molecular flexibility index (Phi) is 12.1. The summed E-state index contributed by atoms with van der Waals surface area (Å²) in [7, 11) is 1.91. The number of thioether (sulfide) groups is 1. The van der Waals surface area contributed by atoms with Crippen LogP contribution >= 0.6 is 11.8 Å². The molecule has 5 heteroatoms. The predicted molar refractivity (Wildman–Crippen MR) is 135 cm³/mol. The van der Waals surface area contributed by atoms with Crippen LogP contribution in [-0.2, 0) is 11.2 Å². The van der Waals surface area contributed by atoms with E-state index in [2.05, 4.69) is 6.92 Å². The van der Waals surface area contributed by atoms with E-state index in [1.807, 2.05) is 48.0 Å². The van der Waals surface area contributed by atoms with Crippen LogP contribution in [0, 0.1) is 0 Å². The van der Waals surface area contributed by atoms with Crippen LogP contribution in [0.15, 0.2) is 48.5 Å². The summed E-state index contributed by atoms with van der Waals surface area (Å²) in [6.45, 7) is 3.02. The second-order valence-electron chi connectivity index (χ2n) is 8.51. The summed E-state index contributed by atoms with van der Waals surface area (Å²) in [6, 6.07) is 14.9. The Morgan fingerprint density at radius 2 is 1.47 bits per heavy atom. The van der Waals surface area contributed by atoms with Gasteiger partial charge in [0, 0.05) is 25.3 Å². The van der Waals surface area contributed by atoms with E-state index in [9.17, 15) is 15.0 Å². The van der Waals surface area contributed by atoms with E-state index in [0.717, 1.165) is 44.4 Å². The summed E-state index contributed by atoms with van der Waals surface area (Å²) in [5.74, 6) is 1.94. The fraction of sp³-hybridized carbons (Fsp3) is 0.519. The van der Waals surface area contributed by atoms with Gasteiger partial charge in [-0.2, -0.15) is 11.8 Å². The van der Waals surface area contributed by atoms with E-state index in [-0.39, 0.29) is 17.4 Å². The Bertz CT molecular complexity index is 776. The number of unbranched alkanes of at least 4 members (excludes halogenated alkanes) is 5. The number of rotatable bonds is 15.